The molecule has 6 nitrogen and oxygen atoms in total. The highest BCUT2D eigenvalue weighted by Gasteiger charge is 2.40. The molecule has 1 saturated heterocycles. The van der Waals surface area contributed by atoms with Crippen LogP contribution in [-0.2, 0) is 11.0 Å². The van der Waals surface area contributed by atoms with E-state index in [-0.39, 0.29) is 18.7 Å². The molecular formula is C16H19F3N2O4. The molecule has 25 heavy (non-hydrogen) atoms. The second kappa shape index (κ2) is 7.96. The number of hydrogen-bond donors (Lipinski definition) is 5. The first-order valence-electron chi connectivity index (χ1n) is 7.58. The van der Waals surface area contributed by atoms with Crippen molar-refractivity contribution in [3.63, 3.8) is 0 Å². The molecule has 1 fully saturated rings. The summed E-state index contributed by atoms with van der Waals surface area (Å²) in [5.41, 5.74) is -0.586. The summed E-state index contributed by atoms with van der Waals surface area (Å²) in [6.07, 6.45) is -4.43. The minimum atomic E-state index is -4.46. The van der Waals surface area contributed by atoms with Gasteiger partial charge in [0.05, 0.1) is 36.5 Å². The first-order valence-corrected chi connectivity index (χ1v) is 7.58. The third kappa shape index (κ3) is 5.02. The summed E-state index contributed by atoms with van der Waals surface area (Å²) < 4.78 is 37.9. The Morgan fingerprint density at radius 2 is 1.92 bits per heavy atom. The first-order chi connectivity index (χ1) is 11.7. The third-order valence-electron chi connectivity index (χ3n) is 3.94. The van der Waals surface area contributed by atoms with Crippen molar-refractivity contribution >= 4 is 12.0 Å². The number of aliphatic hydroxyl groups excluding tert-OH is 3. The topological polar surface area (TPSA) is 102 Å². The predicted molar refractivity (Wildman–Crippen MR) is 83.3 cm³/mol. The Hall–Kier alpha value is -1.94. The van der Waals surface area contributed by atoms with E-state index in [1.807, 2.05) is 0 Å². The number of rotatable bonds is 5. The van der Waals surface area contributed by atoms with E-state index >= 15 is 0 Å². The van der Waals surface area contributed by atoms with E-state index in [4.69, 9.17) is 5.11 Å². The number of benzene rings is 1. The van der Waals surface area contributed by atoms with E-state index in [0.717, 1.165) is 18.2 Å². The molecule has 0 aliphatic carbocycles. The lowest BCUT2D eigenvalue weighted by atomic mass is 10.1. The number of aliphatic hydroxyl groups is 3. The summed E-state index contributed by atoms with van der Waals surface area (Å²) in [4.78, 5) is 11.8. The van der Waals surface area contributed by atoms with Gasteiger partial charge in [-0.3, -0.25) is 4.79 Å². The van der Waals surface area contributed by atoms with Gasteiger partial charge in [-0.25, -0.2) is 0 Å². The molecule has 1 heterocycles. The van der Waals surface area contributed by atoms with E-state index in [2.05, 4.69) is 10.6 Å². The van der Waals surface area contributed by atoms with E-state index in [0.29, 0.717) is 0 Å². The Morgan fingerprint density at radius 3 is 2.52 bits per heavy atom. The summed E-state index contributed by atoms with van der Waals surface area (Å²) in [5.74, 6) is -0.562. The van der Waals surface area contributed by atoms with Crippen LogP contribution in [0.1, 0.15) is 11.1 Å². The highest BCUT2D eigenvalue weighted by molar-refractivity contribution is 5.91. The zero-order valence-electron chi connectivity index (χ0n) is 13.1. The molecule has 2 rings (SSSR count). The number of halogens is 3. The van der Waals surface area contributed by atoms with Gasteiger partial charge in [0.15, 0.2) is 0 Å². The molecule has 1 aliphatic heterocycles. The highest BCUT2D eigenvalue weighted by atomic mass is 19.4. The number of hydrogen-bond acceptors (Lipinski definition) is 5. The van der Waals surface area contributed by atoms with Gasteiger partial charge in [0, 0.05) is 12.6 Å². The van der Waals surface area contributed by atoms with Gasteiger partial charge in [-0.2, -0.15) is 13.2 Å². The smallest absolute Gasteiger partial charge is 0.395 e. The zero-order valence-corrected chi connectivity index (χ0v) is 13.1. The average Bonchev–Trinajstić information content (AvgIpc) is 2.85. The van der Waals surface area contributed by atoms with Crippen LogP contribution in [-0.4, -0.2) is 58.7 Å². The average molecular weight is 360 g/mol. The van der Waals surface area contributed by atoms with Crippen molar-refractivity contribution in [3.05, 3.63) is 41.5 Å². The zero-order chi connectivity index (χ0) is 18.6. The quantitative estimate of drug-likeness (QED) is 0.472. The second-order valence-corrected chi connectivity index (χ2v) is 5.75. The Labute approximate surface area is 142 Å². The molecule has 1 aromatic carbocycles. The van der Waals surface area contributed by atoms with E-state index in [1.165, 1.54) is 18.2 Å². The highest BCUT2D eigenvalue weighted by Crippen LogP contribution is 2.29. The maximum absolute atomic E-state index is 12.6. The van der Waals surface area contributed by atoms with Gasteiger partial charge in [0.2, 0.25) is 5.91 Å². The molecule has 1 amide bonds. The molecule has 1 aliphatic rings. The molecular weight excluding hydrogens is 341 g/mol. The molecule has 0 spiro atoms. The Bertz CT molecular complexity index is 636. The summed E-state index contributed by atoms with van der Waals surface area (Å²) >= 11 is 0. The number of nitrogens with one attached hydrogen (secondary N) is 2. The molecule has 4 atom stereocenters. The van der Waals surface area contributed by atoms with Crippen LogP contribution in [0.2, 0.25) is 0 Å². The molecule has 0 unspecified atom stereocenters. The Morgan fingerprint density at radius 1 is 1.24 bits per heavy atom. The molecule has 0 saturated carbocycles. The van der Waals surface area contributed by atoms with Crippen LogP contribution in [0.5, 0.6) is 0 Å². The molecule has 0 bridgehead atoms. The van der Waals surface area contributed by atoms with Gasteiger partial charge < -0.3 is 26.0 Å². The fourth-order valence-corrected chi connectivity index (χ4v) is 2.55. The summed E-state index contributed by atoms with van der Waals surface area (Å²) in [7, 11) is 0. The second-order valence-electron chi connectivity index (χ2n) is 5.75. The predicted octanol–water partition coefficient (Wildman–Crippen LogP) is -0.111. The lowest BCUT2D eigenvalue weighted by Crippen LogP contribution is -2.43. The van der Waals surface area contributed by atoms with Gasteiger partial charge in [0.25, 0.3) is 0 Å². The number of amides is 1. The lowest BCUT2D eigenvalue weighted by molar-refractivity contribution is -0.137. The number of carbonyl (C=O) groups is 1. The Balaban J connectivity index is 1.89. The van der Waals surface area contributed by atoms with Crippen molar-refractivity contribution < 1.29 is 33.3 Å². The molecule has 9 heteroatoms. The molecule has 5 N–H and O–H groups in total. The van der Waals surface area contributed by atoms with Gasteiger partial charge in [-0.05, 0) is 23.8 Å². The normalized spacial score (nSPS) is 27.0. The van der Waals surface area contributed by atoms with Crippen LogP contribution in [0.3, 0.4) is 0 Å². The first kappa shape index (κ1) is 19.4. The fraction of sp³-hybridized carbons (Fsp3) is 0.438. The van der Waals surface area contributed by atoms with Crippen molar-refractivity contribution in [2.75, 3.05) is 13.2 Å². The van der Waals surface area contributed by atoms with Crippen molar-refractivity contribution in [1.29, 1.82) is 0 Å². The minimum absolute atomic E-state index is 0.0134. The summed E-state index contributed by atoms with van der Waals surface area (Å²) in [5, 5.41) is 33.7. The van der Waals surface area contributed by atoms with Crippen molar-refractivity contribution in [2.45, 2.75) is 30.5 Å². The number of carbonyl (C=O) groups excluding carboxylic acids is 1. The van der Waals surface area contributed by atoms with Crippen LogP contribution in [0.25, 0.3) is 6.08 Å². The summed E-state index contributed by atoms with van der Waals surface area (Å²) in [6.45, 7) is -0.376. The van der Waals surface area contributed by atoms with Gasteiger partial charge in [-0.15, -0.1) is 0 Å². The van der Waals surface area contributed by atoms with Crippen molar-refractivity contribution in [2.24, 2.45) is 0 Å². The van der Waals surface area contributed by atoms with E-state index in [9.17, 15) is 28.2 Å². The summed E-state index contributed by atoms with van der Waals surface area (Å²) in [6, 6.07) is 3.22. The van der Waals surface area contributed by atoms with E-state index in [1.54, 1.807) is 0 Å². The lowest BCUT2D eigenvalue weighted by Gasteiger charge is -2.15. The largest absolute Gasteiger partial charge is 0.416 e. The minimum Gasteiger partial charge on any atom is -0.395 e. The monoisotopic (exact) mass is 360 g/mol. The maximum Gasteiger partial charge on any atom is 0.416 e. The van der Waals surface area contributed by atoms with Gasteiger partial charge in [0.1, 0.15) is 0 Å². The Kier molecular flexibility index (Phi) is 6.17. The maximum atomic E-state index is 12.6. The molecule has 0 radical (unpaired) electrons. The fourth-order valence-electron chi connectivity index (χ4n) is 2.55. The van der Waals surface area contributed by atoms with E-state index < -0.39 is 41.9 Å². The molecule has 1 aromatic rings. The van der Waals surface area contributed by atoms with Crippen molar-refractivity contribution in [1.82, 2.24) is 10.6 Å². The molecule has 138 valence electrons. The van der Waals surface area contributed by atoms with Crippen molar-refractivity contribution in [3.8, 4) is 0 Å². The van der Waals surface area contributed by atoms with Gasteiger partial charge >= 0.3 is 6.18 Å². The molecule has 0 aromatic heterocycles. The van der Waals surface area contributed by atoms with Crippen LogP contribution >= 0.6 is 0 Å². The SMILES string of the molecule is O=C(/C=C/c1cccc(C(F)(F)F)c1)NC[C@H]1N[C@H](CO)[C@@H](O)[C@@H]1O. The van der Waals surface area contributed by atoms with Gasteiger partial charge in [-0.1, -0.05) is 12.1 Å². The third-order valence-corrected chi connectivity index (χ3v) is 3.94. The number of alkyl halides is 3. The standard InChI is InChI=1S/C16H19F3N2O4/c17-16(18,19)10-3-1-2-9(6-10)4-5-13(23)20-7-11-14(24)15(25)12(8-22)21-11/h1-6,11-12,14-15,21-22,24-25H,7-8H2,(H,20,23)/b5-4+/t11-,12-,14-,15-/m1/s1. The van der Waals surface area contributed by atoms with Crippen LogP contribution in [0.15, 0.2) is 30.3 Å². The van der Waals surface area contributed by atoms with Crippen LogP contribution in [0.4, 0.5) is 13.2 Å². The van der Waals surface area contributed by atoms with Crippen LogP contribution in [0, 0.1) is 0 Å². The van der Waals surface area contributed by atoms with Crippen LogP contribution < -0.4 is 10.6 Å².